The van der Waals surface area contributed by atoms with Gasteiger partial charge in [-0.25, -0.2) is 0 Å². The molecule has 5 rings (SSSR count). The number of carbonyl (C=O) groups excluding carboxylic acids is 3. The number of carbonyl (C=O) groups is 3. The van der Waals surface area contributed by atoms with Gasteiger partial charge in [0.15, 0.2) is 37.7 Å². The average molecular weight is 1070 g/mol. The fraction of sp³-hybridized carbons (Fsp3) is 0.925. The first-order valence-electron chi connectivity index (χ1n) is 22.9. The molecule has 2 amide bonds. The molecule has 0 spiro atoms. The van der Waals surface area contributed by atoms with Crippen LogP contribution in [0.15, 0.2) is 0 Å². The number of aliphatic hydroxyl groups is 18. The van der Waals surface area contributed by atoms with E-state index in [4.69, 9.17) is 47.4 Å². The van der Waals surface area contributed by atoms with E-state index in [0.29, 0.717) is 0 Å². The zero-order chi connectivity index (χ0) is 54.3. The number of nitrogens with one attached hydrogen (secondary N) is 2. The third kappa shape index (κ3) is 14.0. The zero-order valence-electron chi connectivity index (χ0n) is 38.9. The highest BCUT2D eigenvalue weighted by molar-refractivity contribution is 5.73. The molecule has 5 aliphatic heterocycles. The van der Waals surface area contributed by atoms with Crippen LogP contribution in [-0.4, -0.2) is 327 Å². The van der Waals surface area contributed by atoms with Crippen molar-refractivity contribution in [2.24, 2.45) is 0 Å². The average Bonchev–Trinajstić information content (AvgIpc) is 3.36. The SMILES string of the molecule is CC(=O)N[C@H]1[C@H](OC[C@H]2O[C@@H](O[C@@H]([C@H](O)[C@@H](O)C=O)[C@H](O)CO)[C@H](O)C(O[C@@H]3O[C@H](CO)[C@@H](O)[C@H](O[C@@H]4O[C@H](CO)[C@H](O)[C@H](O)[C@H]4O)[C@H]3NC(C)=O)C2O)O[C@H](CO)[C@@H](O[C@@H]2O[C@H](CO)[C@H](O)[C@H](O)[C@H]2O)[C@@H]1O. The maximum Gasteiger partial charge on any atom is 0.217 e. The molecule has 29 atom stereocenters. The van der Waals surface area contributed by atoms with Crippen molar-refractivity contribution in [2.75, 3.05) is 39.6 Å². The summed E-state index contributed by atoms with van der Waals surface area (Å²) in [6.45, 7) is -4.07. The van der Waals surface area contributed by atoms with Crippen LogP contribution < -0.4 is 10.6 Å². The molecule has 2 unspecified atom stereocenters. The summed E-state index contributed by atoms with van der Waals surface area (Å²) in [4.78, 5) is 36.6. The first kappa shape index (κ1) is 61.3. The molecule has 5 saturated heterocycles. The molecule has 0 aliphatic carbocycles. The summed E-state index contributed by atoms with van der Waals surface area (Å²) in [6, 6.07) is -3.53. The molecule has 33 nitrogen and oxygen atoms in total. The van der Waals surface area contributed by atoms with Crippen LogP contribution in [0.2, 0.25) is 0 Å². The first-order valence-corrected chi connectivity index (χ1v) is 22.9. The molecule has 0 aromatic heterocycles. The molecule has 5 fully saturated rings. The Morgan fingerprint density at radius 1 is 0.493 bits per heavy atom. The van der Waals surface area contributed by atoms with Crippen LogP contribution >= 0.6 is 0 Å². The fourth-order valence-corrected chi connectivity index (χ4v) is 8.76. The van der Waals surface area contributed by atoms with Gasteiger partial charge in [0.2, 0.25) is 11.8 Å². The third-order valence-corrected chi connectivity index (χ3v) is 12.8. The van der Waals surface area contributed by atoms with Crippen LogP contribution in [0.3, 0.4) is 0 Å². The van der Waals surface area contributed by atoms with Crippen molar-refractivity contribution in [2.45, 2.75) is 192 Å². The number of aliphatic hydroxyl groups excluding tert-OH is 18. The lowest BCUT2D eigenvalue weighted by atomic mass is 9.94. The van der Waals surface area contributed by atoms with Crippen molar-refractivity contribution in [1.29, 1.82) is 0 Å². The Hall–Kier alpha value is -2.51. The van der Waals surface area contributed by atoms with E-state index in [0.717, 1.165) is 13.8 Å². The Morgan fingerprint density at radius 2 is 0.932 bits per heavy atom. The quantitative estimate of drug-likeness (QED) is 0.0448. The highest BCUT2D eigenvalue weighted by Crippen LogP contribution is 2.35. The normalized spacial score (nSPS) is 45.1. The molecule has 0 aromatic rings. The van der Waals surface area contributed by atoms with Crippen molar-refractivity contribution < 1.29 is 154 Å². The molecule has 0 saturated carbocycles. The topological polar surface area (TPSA) is 532 Å². The number of ether oxygens (including phenoxy) is 10. The van der Waals surface area contributed by atoms with Gasteiger partial charge in [0.05, 0.1) is 39.6 Å². The van der Waals surface area contributed by atoms with Crippen LogP contribution in [0.5, 0.6) is 0 Å². The second-order valence-electron chi connectivity index (χ2n) is 17.9. The number of hydrogen-bond acceptors (Lipinski definition) is 31. The first-order chi connectivity index (χ1) is 34.5. The van der Waals surface area contributed by atoms with Crippen LogP contribution in [0.25, 0.3) is 0 Å². The van der Waals surface area contributed by atoms with Gasteiger partial charge in [0.25, 0.3) is 0 Å². The van der Waals surface area contributed by atoms with Gasteiger partial charge in [-0.3, -0.25) is 9.59 Å². The van der Waals surface area contributed by atoms with Crippen molar-refractivity contribution in [1.82, 2.24) is 10.6 Å². The molecule has 0 radical (unpaired) electrons. The minimum atomic E-state index is -2.37. The van der Waals surface area contributed by atoms with Gasteiger partial charge in [-0.05, 0) is 0 Å². The monoisotopic (exact) mass is 1070 g/mol. The predicted octanol–water partition coefficient (Wildman–Crippen LogP) is -14.0. The summed E-state index contributed by atoms with van der Waals surface area (Å²) in [5.41, 5.74) is 0. The lowest BCUT2D eigenvalue weighted by Gasteiger charge is -2.50. The smallest absolute Gasteiger partial charge is 0.217 e. The van der Waals surface area contributed by atoms with Gasteiger partial charge in [-0.15, -0.1) is 0 Å². The summed E-state index contributed by atoms with van der Waals surface area (Å²) < 4.78 is 57.2. The van der Waals surface area contributed by atoms with Crippen LogP contribution in [0.4, 0.5) is 0 Å². The van der Waals surface area contributed by atoms with Gasteiger partial charge in [-0.1, -0.05) is 0 Å². The largest absolute Gasteiger partial charge is 0.394 e. The zero-order valence-corrected chi connectivity index (χ0v) is 38.9. The maximum absolute atomic E-state index is 12.7. The summed E-state index contributed by atoms with van der Waals surface area (Å²) in [5, 5.41) is 195. The van der Waals surface area contributed by atoms with Crippen molar-refractivity contribution in [3.05, 3.63) is 0 Å². The van der Waals surface area contributed by atoms with Crippen LogP contribution in [0, 0.1) is 0 Å². The Labute approximate surface area is 413 Å². The molecular formula is C40H68N2O31. The van der Waals surface area contributed by atoms with Crippen molar-refractivity contribution >= 4 is 18.1 Å². The van der Waals surface area contributed by atoms with Crippen molar-refractivity contribution in [3.8, 4) is 0 Å². The molecule has 5 heterocycles. The fourth-order valence-electron chi connectivity index (χ4n) is 8.76. The van der Waals surface area contributed by atoms with Gasteiger partial charge in [0.1, 0.15) is 146 Å². The number of hydrogen-bond donors (Lipinski definition) is 20. The summed E-state index contributed by atoms with van der Waals surface area (Å²) >= 11 is 0. The molecular weight excluding hydrogens is 1000 g/mol. The molecule has 424 valence electrons. The van der Waals surface area contributed by atoms with E-state index in [2.05, 4.69) is 10.6 Å². The second-order valence-corrected chi connectivity index (χ2v) is 17.9. The summed E-state index contributed by atoms with van der Waals surface area (Å²) in [7, 11) is 0. The molecule has 33 heteroatoms. The van der Waals surface area contributed by atoms with E-state index >= 15 is 0 Å². The lowest BCUT2D eigenvalue weighted by molar-refractivity contribution is -0.376. The minimum Gasteiger partial charge on any atom is -0.394 e. The number of rotatable bonds is 22. The summed E-state index contributed by atoms with van der Waals surface area (Å²) in [6.07, 6.45) is -53.8. The number of amides is 2. The highest BCUT2D eigenvalue weighted by Gasteiger charge is 2.57. The van der Waals surface area contributed by atoms with E-state index in [1.165, 1.54) is 0 Å². The van der Waals surface area contributed by atoms with E-state index < -0.39 is 229 Å². The highest BCUT2D eigenvalue weighted by atomic mass is 16.8. The van der Waals surface area contributed by atoms with Crippen LogP contribution in [0.1, 0.15) is 13.8 Å². The van der Waals surface area contributed by atoms with Crippen molar-refractivity contribution in [3.63, 3.8) is 0 Å². The van der Waals surface area contributed by atoms with Gasteiger partial charge < -0.3 is 155 Å². The third-order valence-electron chi connectivity index (χ3n) is 12.8. The van der Waals surface area contributed by atoms with Gasteiger partial charge in [-0.2, -0.15) is 0 Å². The molecule has 73 heavy (non-hydrogen) atoms. The molecule has 0 aromatic carbocycles. The Kier molecular flexibility index (Phi) is 22.8. The second kappa shape index (κ2) is 27.2. The van der Waals surface area contributed by atoms with E-state index in [1.807, 2.05) is 0 Å². The Morgan fingerprint density at radius 3 is 1.42 bits per heavy atom. The van der Waals surface area contributed by atoms with E-state index in [1.54, 1.807) is 0 Å². The lowest BCUT2D eigenvalue weighted by Crippen LogP contribution is -2.70. The van der Waals surface area contributed by atoms with E-state index in [-0.39, 0.29) is 6.29 Å². The minimum absolute atomic E-state index is 0.171. The van der Waals surface area contributed by atoms with Crippen LogP contribution in [-0.2, 0) is 61.8 Å². The Bertz CT molecular complexity index is 1730. The number of aldehydes is 1. The van der Waals surface area contributed by atoms with E-state index in [9.17, 15) is 106 Å². The molecule has 0 bridgehead atoms. The summed E-state index contributed by atoms with van der Waals surface area (Å²) in [5.74, 6) is -1.73. The standard InChI is InChI=1S/C40H68N2O31/c1-10(49)41-19-26(58)33(71-38-29(61)27(59)22(54)14(5-45)66-38)17(8-48)68-36(19)64-9-18-25(57)35(31(63)40(69-18)70-32(13(52)4-44)21(53)12(51)3-43)73-37-20(42-11(2)50)34(24(56)16(7-47)65-37)72-39-30(62)28(60)23(55)15(6-46)67-39/h3,12-40,44-48,51-63H,4-9H2,1-2H3,(H,41,49)(H,42,50)/t12-,13+,14+,15+,16+,17+,18+,19+,20+,21+,22-,23-,24+,25?,26+,27-,28-,29+,30+,31+,32+,33+,34+,35?,36+,37-,38-,39-,40-/m0/s1. The van der Waals surface area contributed by atoms with Gasteiger partial charge in [0, 0.05) is 13.8 Å². The molecule has 5 aliphatic rings. The molecule has 20 N–H and O–H groups in total. The predicted molar refractivity (Wildman–Crippen MR) is 224 cm³/mol. The Balaban J connectivity index is 1.48. The maximum atomic E-state index is 12.7. The van der Waals surface area contributed by atoms with Gasteiger partial charge >= 0.3 is 0 Å².